The van der Waals surface area contributed by atoms with Crippen molar-refractivity contribution in [3.8, 4) is 0 Å². The van der Waals surface area contributed by atoms with E-state index in [4.69, 9.17) is 23.2 Å². The zero-order valence-corrected chi connectivity index (χ0v) is 13.1. The second kappa shape index (κ2) is 7.09. The summed E-state index contributed by atoms with van der Waals surface area (Å²) in [5, 5.41) is 2.78. The number of halogens is 3. The third-order valence-electron chi connectivity index (χ3n) is 3.12. The van der Waals surface area contributed by atoms with Gasteiger partial charge in [-0.25, -0.2) is 9.37 Å². The van der Waals surface area contributed by atoms with E-state index in [1.165, 1.54) is 12.1 Å². The van der Waals surface area contributed by atoms with Gasteiger partial charge in [0.1, 0.15) is 11.6 Å². The molecule has 0 radical (unpaired) electrons. The van der Waals surface area contributed by atoms with Crippen LogP contribution in [0.5, 0.6) is 0 Å². The summed E-state index contributed by atoms with van der Waals surface area (Å²) >= 11 is 11.6. The molecule has 1 amide bonds. The maximum Gasteiger partial charge on any atom is 0.221 e. The van der Waals surface area contributed by atoms with Gasteiger partial charge in [-0.3, -0.25) is 4.79 Å². The molecule has 114 valence electrons. The fourth-order valence-electron chi connectivity index (χ4n) is 2.19. The molecule has 0 spiro atoms. The lowest BCUT2D eigenvalue weighted by Gasteiger charge is -2.08. The van der Waals surface area contributed by atoms with Crippen LogP contribution in [0, 0.1) is 5.82 Å². The Hall–Kier alpha value is -1.33. The Bertz CT molecular complexity index is 657. The molecule has 0 aliphatic heterocycles. The first-order valence-electron chi connectivity index (χ1n) is 6.73. The molecule has 0 aliphatic carbocycles. The van der Waals surface area contributed by atoms with E-state index in [9.17, 15) is 9.18 Å². The number of carbonyl (C=O) groups excluding carboxylic acids is 1. The number of benzene rings is 1. The number of hydrogen-bond acceptors (Lipinski definition) is 2. The monoisotopic (exact) mass is 331 g/mol. The van der Waals surface area contributed by atoms with Crippen LogP contribution in [0.25, 0.3) is 11.0 Å². The quantitative estimate of drug-likeness (QED) is 0.826. The van der Waals surface area contributed by atoms with E-state index in [2.05, 4.69) is 10.3 Å². The van der Waals surface area contributed by atoms with Gasteiger partial charge in [0.25, 0.3) is 0 Å². The minimum absolute atomic E-state index is 0.0376. The van der Waals surface area contributed by atoms with Crippen molar-refractivity contribution in [1.29, 1.82) is 0 Å². The zero-order chi connectivity index (χ0) is 15.4. The summed E-state index contributed by atoms with van der Waals surface area (Å²) in [5.74, 6) is 0.589. The first kappa shape index (κ1) is 16.0. The van der Waals surface area contributed by atoms with Crippen molar-refractivity contribution in [3.05, 3.63) is 28.8 Å². The van der Waals surface area contributed by atoms with Crippen molar-refractivity contribution in [2.24, 2.45) is 0 Å². The summed E-state index contributed by atoms with van der Waals surface area (Å²) in [5.41, 5.74) is 1.23. The molecule has 7 heteroatoms. The predicted molar refractivity (Wildman–Crippen MR) is 82.4 cm³/mol. The molecule has 21 heavy (non-hydrogen) atoms. The minimum Gasteiger partial charge on any atom is -0.356 e. The van der Waals surface area contributed by atoms with Crippen LogP contribution < -0.4 is 5.32 Å². The van der Waals surface area contributed by atoms with Gasteiger partial charge in [-0.2, -0.15) is 0 Å². The summed E-state index contributed by atoms with van der Waals surface area (Å²) in [6, 6.07) is 2.84. The average Bonchev–Trinajstić information content (AvgIpc) is 2.75. The van der Waals surface area contributed by atoms with Gasteiger partial charge in [0.15, 0.2) is 0 Å². The molecule has 1 aromatic heterocycles. The molecular formula is C14H16Cl2FN3O. The standard InChI is InChI=1S/C14H16Cl2FN3O/c1-2-18-14(21)4-6-20-12-7-9(16)10(17)8-11(12)19-13(20)3-5-15/h7-8H,2-6H2,1H3,(H,18,21). The van der Waals surface area contributed by atoms with Crippen molar-refractivity contribution < 1.29 is 9.18 Å². The van der Waals surface area contributed by atoms with Gasteiger partial charge in [-0.1, -0.05) is 11.6 Å². The number of alkyl halides is 1. The Morgan fingerprint density at radius 2 is 2.24 bits per heavy atom. The molecule has 1 N–H and O–H groups in total. The molecule has 0 unspecified atom stereocenters. The summed E-state index contributed by atoms with van der Waals surface area (Å²) in [6.07, 6.45) is 0.869. The first-order valence-corrected chi connectivity index (χ1v) is 7.64. The first-order chi connectivity index (χ1) is 10.1. The second-order valence-corrected chi connectivity index (χ2v) is 5.36. The van der Waals surface area contributed by atoms with Crippen LogP contribution in [0.4, 0.5) is 4.39 Å². The van der Waals surface area contributed by atoms with Gasteiger partial charge >= 0.3 is 0 Å². The van der Waals surface area contributed by atoms with Crippen LogP contribution in [0.3, 0.4) is 0 Å². The number of nitrogens with one attached hydrogen (secondary N) is 1. The van der Waals surface area contributed by atoms with E-state index in [-0.39, 0.29) is 10.9 Å². The number of carbonyl (C=O) groups is 1. The Balaban J connectivity index is 2.36. The van der Waals surface area contributed by atoms with Gasteiger partial charge in [-0.05, 0) is 13.0 Å². The number of amides is 1. The molecule has 0 saturated carbocycles. The highest BCUT2D eigenvalue weighted by molar-refractivity contribution is 6.31. The van der Waals surface area contributed by atoms with Gasteiger partial charge in [0.05, 0.1) is 16.1 Å². The van der Waals surface area contributed by atoms with Gasteiger partial charge in [-0.15, -0.1) is 11.6 Å². The fourth-order valence-corrected chi connectivity index (χ4v) is 2.52. The molecule has 2 rings (SSSR count). The zero-order valence-electron chi connectivity index (χ0n) is 11.6. The normalized spacial score (nSPS) is 11.0. The highest BCUT2D eigenvalue weighted by Gasteiger charge is 2.14. The predicted octanol–water partition coefficient (Wildman–Crippen LogP) is 3.14. The lowest BCUT2D eigenvalue weighted by atomic mass is 10.3. The lowest BCUT2D eigenvalue weighted by molar-refractivity contribution is -0.121. The second-order valence-electron chi connectivity index (χ2n) is 4.58. The Kier molecular flexibility index (Phi) is 5.42. The largest absolute Gasteiger partial charge is 0.356 e. The number of aryl methyl sites for hydroxylation is 2. The maximum absolute atomic E-state index is 13.5. The number of aromatic nitrogens is 2. The van der Waals surface area contributed by atoms with Crippen LogP contribution in [0.1, 0.15) is 19.2 Å². The van der Waals surface area contributed by atoms with Gasteiger partial charge in [0.2, 0.25) is 5.91 Å². The van der Waals surface area contributed by atoms with Crippen molar-refractivity contribution in [2.75, 3.05) is 12.4 Å². The molecule has 2 aromatic rings. The van der Waals surface area contributed by atoms with E-state index in [1.54, 1.807) is 0 Å². The number of rotatable bonds is 6. The molecular weight excluding hydrogens is 316 g/mol. The molecule has 1 heterocycles. The highest BCUT2D eigenvalue weighted by Crippen LogP contribution is 2.24. The van der Waals surface area contributed by atoms with Gasteiger partial charge < -0.3 is 9.88 Å². The average molecular weight is 332 g/mol. The van der Waals surface area contributed by atoms with Crippen molar-refractivity contribution >= 4 is 40.1 Å². The summed E-state index contributed by atoms with van der Waals surface area (Å²) in [7, 11) is 0. The van der Waals surface area contributed by atoms with Crippen LogP contribution in [0.2, 0.25) is 5.02 Å². The third kappa shape index (κ3) is 3.66. The fraction of sp³-hybridized carbons (Fsp3) is 0.429. The number of fused-ring (bicyclic) bond motifs is 1. The molecule has 1 aromatic carbocycles. The van der Waals surface area contributed by atoms with Crippen molar-refractivity contribution in [3.63, 3.8) is 0 Å². The number of imidazole rings is 1. The van der Waals surface area contributed by atoms with Crippen molar-refractivity contribution in [1.82, 2.24) is 14.9 Å². The van der Waals surface area contributed by atoms with Crippen LogP contribution in [0.15, 0.2) is 12.1 Å². The van der Waals surface area contributed by atoms with E-state index < -0.39 is 5.82 Å². The number of nitrogens with zero attached hydrogens (tertiary/aromatic N) is 2. The van der Waals surface area contributed by atoms with Crippen LogP contribution in [-0.4, -0.2) is 27.9 Å². The van der Waals surface area contributed by atoms with Crippen LogP contribution in [-0.2, 0) is 17.8 Å². The van der Waals surface area contributed by atoms with Crippen LogP contribution >= 0.6 is 23.2 Å². The lowest BCUT2D eigenvalue weighted by Crippen LogP contribution is -2.24. The minimum atomic E-state index is -0.505. The van der Waals surface area contributed by atoms with E-state index in [0.717, 1.165) is 5.82 Å². The van der Waals surface area contributed by atoms with E-state index >= 15 is 0 Å². The Morgan fingerprint density at radius 1 is 1.48 bits per heavy atom. The van der Waals surface area contributed by atoms with Crippen molar-refractivity contribution in [2.45, 2.75) is 26.3 Å². The molecule has 0 saturated heterocycles. The molecule has 0 atom stereocenters. The highest BCUT2D eigenvalue weighted by atomic mass is 35.5. The number of hydrogen-bond donors (Lipinski definition) is 1. The molecule has 0 bridgehead atoms. The topological polar surface area (TPSA) is 46.9 Å². The summed E-state index contributed by atoms with van der Waals surface area (Å²) in [6.45, 7) is 2.91. The molecule has 4 nitrogen and oxygen atoms in total. The molecule has 0 aliphatic rings. The van der Waals surface area contributed by atoms with Gasteiger partial charge in [0, 0.05) is 37.9 Å². The van der Waals surface area contributed by atoms with E-state index in [0.29, 0.717) is 42.8 Å². The smallest absolute Gasteiger partial charge is 0.221 e. The van der Waals surface area contributed by atoms with E-state index in [1.807, 2.05) is 11.5 Å². The summed E-state index contributed by atoms with van der Waals surface area (Å²) in [4.78, 5) is 16.0. The SMILES string of the molecule is CCNC(=O)CCn1c(CCCl)nc2cc(F)c(Cl)cc21. The molecule has 0 fully saturated rings. The maximum atomic E-state index is 13.5. The Labute approximate surface area is 132 Å². The third-order valence-corrected chi connectivity index (χ3v) is 3.60. The Morgan fingerprint density at radius 3 is 2.90 bits per heavy atom. The summed E-state index contributed by atoms with van der Waals surface area (Å²) < 4.78 is 15.4.